The van der Waals surface area contributed by atoms with Gasteiger partial charge in [-0.25, -0.2) is 0 Å². The van der Waals surface area contributed by atoms with E-state index in [9.17, 15) is 9.90 Å². The molecule has 2 N–H and O–H groups in total. The van der Waals surface area contributed by atoms with Gasteiger partial charge in [-0.1, -0.05) is 12.1 Å². The number of furan rings is 1. The van der Waals surface area contributed by atoms with E-state index in [1.807, 2.05) is 0 Å². The topological polar surface area (TPSA) is 82.4 Å². The van der Waals surface area contributed by atoms with Crippen LogP contribution in [0, 0.1) is 0 Å². The smallest absolute Gasteiger partial charge is 0.274 e. The van der Waals surface area contributed by atoms with E-state index in [4.69, 9.17) is 4.42 Å². The highest BCUT2D eigenvalue weighted by atomic mass is 16.3. The van der Waals surface area contributed by atoms with Gasteiger partial charge in [0.15, 0.2) is 11.5 Å². The molecule has 1 aromatic carbocycles. The zero-order valence-electron chi connectivity index (χ0n) is 12.0. The van der Waals surface area contributed by atoms with Crippen LogP contribution >= 0.6 is 0 Å². The van der Waals surface area contributed by atoms with E-state index >= 15 is 0 Å². The van der Waals surface area contributed by atoms with Crippen molar-refractivity contribution in [2.45, 2.75) is 6.54 Å². The fourth-order valence-electron chi connectivity index (χ4n) is 2.13. The molecule has 0 aliphatic rings. The Morgan fingerprint density at radius 1 is 1.32 bits per heavy atom. The van der Waals surface area contributed by atoms with Gasteiger partial charge in [-0.3, -0.25) is 9.89 Å². The molecule has 0 atom stereocenters. The summed E-state index contributed by atoms with van der Waals surface area (Å²) in [4.78, 5) is 13.9. The molecule has 0 radical (unpaired) electrons. The Morgan fingerprint density at radius 2 is 2.09 bits per heavy atom. The van der Waals surface area contributed by atoms with Gasteiger partial charge in [0.05, 0.1) is 6.26 Å². The van der Waals surface area contributed by atoms with Gasteiger partial charge in [0.1, 0.15) is 11.4 Å². The molecule has 112 valence electrons. The standard InChI is InChI=1S/C16H15N3O3/c1-19(10-11-4-6-12(20)7-5-11)16(21)14-9-13(17-18-14)15-3-2-8-22-15/h2-9,20H,10H2,1H3,(H,17,18). The summed E-state index contributed by atoms with van der Waals surface area (Å²) in [6.45, 7) is 0.433. The molecule has 2 heterocycles. The lowest BCUT2D eigenvalue weighted by molar-refractivity contribution is 0.0779. The average Bonchev–Trinajstić information content (AvgIpc) is 3.19. The van der Waals surface area contributed by atoms with Crippen molar-refractivity contribution in [1.82, 2.24) is 15.1 Å². The van der Waals surface area contributed by atoms with Crippen molar-refractivity contribution in [3.8, 4) is 17.2 Å². The maximum atomic E-state index is 12.4. The Bertz CT molecular complexity index is 760. The molecule has 2 aromatic heterocycles. The van der Waals surface area contributed by atoms with E-state index in [0.29, 0.717) is 23.7 Å². The summed E-state index contributed by atoms with van der Waals surface area (Å²) in [5.74, 6) is 0.642. The molecule has 3 aromatic rings. The van der Waals surface area contributed by atoms with Gasteiger partial charge in [0.25, 0.3) is 5.91 Å². The molecule has 0 bridgehead atoms. The number of aromatic nitrogens is 2. The maximum Gasteiger partial charge on any atom is 0.274 e. The molecule has 6 nitrogen and oxygen atoms in total. The van der Waals surface area contributed by atoms with Gasteiger partial charge >= 0.3 is 0 Å². The van der Waals surface area contributed by atoms with Gasteiger partial charge in [0, 0.05) is 19.7 Å². The second-order valence-electron chi connectivity index (χ2n) is 4.97. The van der Waals surface area contributed by atoms with Crippen LogP contribution in [0.3, 0.4) is 0 Å². The largest absolute Gasteiger partial charge is 0.508 e. The Hall–Kier alpha value is -3.02. The molecule has 0 aliphatic carbocycles. The number of rotatable bonds is 4. The number of H-pyrrole nitrogens is 1. The summed E-state index contributed by atoms with van der Waals surface area (Å²) in [6.07, 6.45) is 1.56. The van der Waals surface area contributed by atoms with Crippen LogP contribution in [0.4, 0.5) is 0 Å². The van der Waals surface area contributed by atoms with Crippen LogP contribution in [0.1, 0.15) is 16.1 Å². The highest BCUT2D eigenvalue weighted by molar-refractivity contribution is 5.93. The number of benzene rings is 1. The van der Waals surface area contributed by atoms with Crippen molar-refractivity contribution in [3.63, 3.8) is 0 Å². The summed E-state index contributed by atoms with van der Waals surface area (Å²) in [5, 5.41) is 16.1. The van der Waals surface area contributed by atoms with E-state index in [-0.39, 0.29) is 11.7 Å². The highest BCUT2D eigenvalue weighted by Gasteiger charge is 2.17. The molecule has 3 rings (SSSR count). The lowest BCUT2D eigenvalue weighted by Gasteiger charge is -2.15. The molecule has 0 saturated carbocycles. The molecule has 0 spiro atoms. The Balaban J connectivity index is 1.72. The molecule has 0 aliphatic heterocycles. The summed E-state index contributed by atoms with van der Waals surface area (Å²) in [6, 6.07) is 12.0. The molecule has 0 unspecified atom stereocenters. The number of hydrogen-bond acceptors (Lipinski definition) is 4. The number of hydrogen-bond donors (Lipinski definition) is 2. The third-order valence-corrected chi connectivity index (χ3v) is 3.29. The van der Waals surface area contributed by atoms with Crippen molar-refractivity contribution in [2.75, 3.05) is 7.05 Å². The van der Waals surface area contributed by atoms with Crippen LogP contribution in [0.25, 0.3) is 11.5 Å². The Kier molecular flexibility index (Phi) is 3.65. The first-order chi connectivity index (χ1) is 10.6. The van der Waals surface area contributed by atoms with Crippen molar-refractivity contribution >= 4 is 5.91 Å². The first kappa shape index (κ1) is 13.9. The third-order valence-electron chi connectivity index (χ3n) is 3.29. The first-order valence-electron chi connectivity index (χ1n) is 6.76. The minimum Gasteiger partial charge on any atom is -0.508 e. The fourth-order valence-corrected chi connectivity index (χ4v) is 2.13. The van der Waals surface area contributed by atoms with Crippen LogP contribution in [0.15, 0.2) is 53.1 Å². The molecule has 0 saturated heterocycles. The van der Waals surface area contributed by atoms with Gasteiger partial charge in [-0.05, 0) is 29.8 Å². The summed E-state index contributed by atoms with van der Waals surface area (Å²) in [7, 11) is 1.70. The first-order valence-corrected chi connectivity index (χ1v) is 6.76. The van der Waals surface area contributed by atoms with E-state index in [2.05, 4.69) is 10.2 Å². The lowest BCUT2D eigenvalue weighted by atomic mass is 10.2. The average molecular weight is 297 g/mol. The predicted molar refractivity (Wildman–Crippen MR) is 80.2 cm³/mol. The van der Waals surface area contributed by atoms with Crippen LogP contribution < -0.4 is 0 Å². The number of nitrogens with zero attached hydrogens (tertiary/aromatic N) is 2. The highest BCUT2D eigenvalue weighted by Crippen LogP contribution is 2.19. The van der Waals surface area contributed by atoms with Gasteiger partial charge in [0.2, 0.25) is 0 Å². The van der Waals surface area contributed by atoms with Crippen molar-refractivity contribution < 1.29 is 14.3 Å². The summed E-state index contributed by atoms with van der Waals surface area (Å²) in [5.41, 5.74) is 1.91. The second-order valence-corrected chi connectivity index (χ2v) is 4.97. The third kappa shape index (κ3) is 2.85. The van der Waals surface area contributed by atoms with Gasteiger partial charge in [-0.2, -0.15) is 5.10 Å². The molecule has 6 heteroatoms. The van der Waals surface area contributed by atoms with Gasteiger partial charge in [-0.15, -0.1) is 0 Å². The summed E-state index contributed by atoms with van der Waals surface area (Å²) >= 11 is 0. The van der Waals surface area contributed by atoms with Crippen LogP contribution in [0.5, 0.6) is 5.75 Å². The molecule has 0 fully saturated rings. The van der Waals surface area contributed by atoms with Crippen LogP contribution in [-0.2, 0) is 6.54 Å². The zero-order chi connectivity index (χ0) is 15.5. The number of aromatic amines is 1. The minimum absolute atomic E-state index is 0.192. The summed E-state index contributed by atoms with van der Waals surface area (Å²) < 4.78 is 5.26. The molecular formula is C16H15N3O3. The number of phenolic OH excluding ortho intramolecular Hbond substituents is 1. The Morgan fingerprint density at radius 3 is 2.77 bits per heavy atom. The number of amides is 1. The molecular weight excluding hydrogens is 282 g/mol. The Labute approximate surface area is 127 Å². The van der Waals surface area contributed by atoms with Crippen molar-refractivity contribution in [2.24, 2.45) is 0 Å². The van der Waals surface area contributed by atoms with Crippen molar-refractivity contribution in [3.05, 3.63) is 60.0 Å². The number of carbonyl (C=O) groups is 1. The number of aromatic hydroxyl groups is 1. The minimum atomic E-state index is -0.192. The van der Waals surface area contributed by atoms with Crippen LogP contribution in [0.2, 0.25) is 0 Å². The van der Waals surface area contributed by atoms with Crippen LogP contribution in [-0.4, -0.2) is 33.2 Å². The zero-order valence-corrected chi connectivity index (χ0v) is 12.0. The molecule has 22 heavy (non-hydrogen) atoms. The molecule has 1 amide bonds. The van der Waals surface area contributed by atoms with E-state index < -0.39 is 0 Å². The normalized spacial score (nSPS) is 10.6. The predicted octanol–water partition coefficient (Wildman–Crippen LogP) is 2.65. The number of phenols is 1. The fraction of sp³-hybridized carbons (Fsp3) is 0.125. The van der Waals surface area contributed by atoms with Crippen molar-refractivity contribution in [1.29, 1.82) is 0 Å². The number of carbonyl (C=O) groups excluding carboxylic acids is 1. The lowest BCUT2D eigenvalue weighted by Crippen LogP contribution is -2.26. The number of nitrogens with one attached hydrogen (secondary N) is 1. The quantitative estimate of drug-likeness (QED) is 0.775. The van der Waals surface area contributed by atoms with E-state index in [1.54, 1.807) is 60.7 Å². The van der Waals surface area contributed by atoms with E-state index in [0.717, 1.165) is 5.56 Å². The second kappa shape index (κ2) is 5.77. The maximum absolute atomic E-state index is 12.4. The SMILES string of the molecule is CN(Cc1ccc(O)cc1)C(=O)c1cc(-c2ccco2)[nH]n1. The monoisotopic (exact) mass is 297 g/mol. The van der Waals surface area contributed by atoms with E-state index in [1.165, 1.54) is 0 Å². The van der Waals surface area contributed by atoms with Gasteiger partial charge < -0.3 is 14.4 Å².